The first kappa shape index (κ1) is 20.7. The molecule has 0 aromatic heterocycles. The predicted octanol–water partition coefficient (Wildman–Crippen LogP) is 1.66. The third kappa shape index (κ3) is 7.83. The monoisotopic (exact) mass is 347 g/mol. The highest BCUT2D eigenvalue weighted by molar-refractivity contribution is 5.84. The Hall–Kier alpha value is -2.37. The second-order valence-corrected chi connectivity index (χ2v) is 6.70. The Labute approximate surface area is 150 Å². The molecule has 0 aliphatic heterocycles. The lowest BCUT2D eigenvalue weighted by Crippen LogP contribution is -2.38. The van der Waals surface area contributed by atoms with Gasteiger partial charge in [-0.25, -0.2) is 0 Å². The summed E-state index contributed by atoms with van der Waals surface area (Å²) in [4.78, 5) is 36.0. The minimum Gasteiger partial charge on any atom is -0.348 e. The molecule has 0 aliphatic rings. The van der Waals surface area contributed by atoms with Crippen LogP contribution in [0.5, 0.6) is 0 Å². The number of nitrogens with one attached hydrogen (secondary N) is 2. The standard InChI is InChI=1S/C19H29N3O3/c1-14(2)11-18(24)20-12-19(25)21-15(3)17-8-6-5-7-16(17)9-10-22(4)13-23/h5-8,13-15H,9-12H2,1-4H3,(H,20,24)(H,21,25). The zero-order valence-electron chi connectivity index (χ0n) is 15.5. The van der Waals surface area contributed by atoms with E-state index in [0.29, 0.717) is 13.0 Å². The van der Waals surface area contributed by atoms with Crippen LogP contribution in [0.1, 0.15) is 44.4 Å². The first-order chi connectivity index (χ1) is 11.8. The molecule has 0 radical (unpaired) electrons. The van der Waals surface area contributed by atoms with Crippen LogP contribution in [0.3, 0.4) is 0 Å². The van der Waals surface area contributed by atoms with E-state index in [2.05, 4.69) is 10.6 Å². The van der Waals surface area contributed by atoms with E-state index < -0.39 is 0 Å². The van der Waals surface area contributed by atoms with Crippen LogP contribution in [-0.4, -0.2) is 43.3 Å². The van der Waals surface area contributed by atoms with E-state index in [1.54, 1.807) is 11.9 Å². The highest BCUT2D eigenvalue weighted by atomic mass is 16.2. The molecule has 1 aromatic carbocycles. The number of benzene rings is 1. The topological polar surface area (TPSA) is 78.5 Å². The fourth-order valence-corrected chi connectivity index (χ4v) is 2.53. The predicted molar refractivity (Wildman–Crippen MR) is 97.9 cm³/mol. The van der Waals surface area contributed by atoms with Crippen LogP contribution in [0.4, 0.5) is 0 Å². The molecular weight excluding hydrogens is 318 g/mol. The molecule has 0 aliphatic carbocycles. The number of carbonyl (C=O) groups is 3. The Morgan fingerprint density at radius 3 is 2.48 bits per heavy atom. The number of hydrogen-bond donors (Lipinski definition) is 2. The molecular formula is C19H29N3O3. The van der Waals surface area contributed by atoms with Gasteiger partial charge in [-0.3, -0.25) is 14.4 Å². The molecule has 1 rings (SSSR count). The van der Waals surface area contributed by atoms with Crippen LogP contribution in [0.25, 0.3) is 0 Å². The van der Waals surface area contributed by atoms with E-state index in [1.807, 2.05) is 45.0 Å². The molecule has 6 nitrogen and oxygen atoms in total. The van der Waals surface area contributed by atoms with Crippen molar-refractivity contribution >= 4 is 18.2 Å². The van der Waals surface area contributed by atoms with Crippen molar-refractivity contribution in [1.29, 1.82) is 0 Å². The molecule has 1 unspecified atom stereocenters. The Balaban J connectivity index is 2.58. The molecule has 0 saturated heterocycles. The number of hydrogen-bond acceptors (Lipinski definition) is 3. The van der Waals surface area contributed by atoms with Crippen LogP contribution in [0.2, 0.25) is 0 Å². The van der Waals surface area contributed by atoms with Gasteiger partial charge in [-0.2, -0.15) is 0 Å². The van der Waals surface area contributed by atoms with E-state index in [0.717, 1.165) is 24.0 Å². The first-order valence-electron chi connectivity index (χ1n) is 8.62. The molecule has 0 spiro atoms. The molecule has 0 bridgehead atoms. The van der Waals surface area contributed by atoms with Crippen molar-refractivity contribution in [3.63, 3.8) is 0 Å². The SMILES string of the molecule is CC(C)CC(=O)NCC(=O)NC(C)c1ccccc1CCN(C)C=O. The molecule has 0 fully saturated rings. The third-order valence-corrected chi connectivity index (χ3v) is 3.85. The smallest absolute Gasteiger partial charge is 0.239 e. The summed E-state index contributed by atoms with van der Waals surface area (Å²) in [5, 5.41) is 5.55. The Morgan fingerprint density at radius 1 is 1.16 bits per heavy atom. The Kier molecular flexibility index (Phi) is 8.67. The lowest BCUT2D eigenvalue weighted by Gasteiger charge is -2.19. The van der Waals surface area contributed by atoms with Gasteiger partial charge in [0.2, 0.25) is 18.2 Å². The zero-order valence-corrected chi connectivity index (χ0v) is 15.5. The molecule has 6 heteroatoms. The number of likely N-dealkylation sites (N-methyl/N-ethyl adjacent to an activating group) is 1. The largest absolute Gasteiger partial charge is 0.348 e. The van der Waals surface area contributed by atoms with E-state index >= 15 is 0 Å². The normalized spacial score (nSPS) is 11.7. The molecule has 25 heavy (non-hydrogen) atoms. The molecule has 1 atom stereocenters. The van der Waals surface area contributed by atoms with Gasteiger partial charge in [0.1, 0.15) is 0 Å². The van der Waals surface area contributed by atoms with E-state index in [4.69, 9.17) is 0 Å². The molecule has 0 saturated carbocycles. The quantitative estimate of drug-likeness (QED) is 0.632. The lowest BCUT2D eigenvalue weighted by molar-refractivity contribution is -0.126. The number of rotatable bonds is 10. The van der Waals surface area contributed by atoms with Gasteiger partial charge in [0.15, 0.2) is 0 Å². The van der Waals surface area contributed by atoms with Gasteiger partial charge < -0.3 is 15.5 Å². The van der Waals surface area contributed by atoms with Gasteiger partial charge in [-0.05, 0) is 30.4 Å². The minimum atomic E-state index is -0.218. The van der Waals surface area contributed by atoms with Crippen LogP contribution in [0.15, 0.2) is 24.3 Å². The molecule has 1 aromatic rings. The van der Waals surface area contributed by atoms with Gasteiger partial charge in [-0.15, -0.1) is 0 Å². The van der Waals surface area contributed by atoms with E-state index in [-0.39, 0.29) is 30.3 Å². The summed E-state index contributed by atoms with van der Waals surface area (Å²) < 4.78 is 0. The fraction of sp³-hybridized carbons (Fsp3) is 0.526. The van der Waals surface area contributed by atoms with E-state index in [1.165, 1.54) is 0 Å². The number of carbonyl (C=O) groups excluding carboxylic acids is 3. The first-order valence-corrected chi connectivity index (χ1v) is 8.62. The van der Waals surface area contributed by atoms with Gasteiger partial charge >= 0.3 is 0 Å². The number of nitrogens with zero attached hydrogens (tertiary/aromatic N) is 1. The summed E-state index contributed by atoms with van der Waals surface area (Å²) >= 11 is 0. The molecule has 3 amide bonds. The summed E-state index contributed by atoms with van der Waals surface area (Å²) in [6, 6.07) is 7.67. The average Bonchev–Trinajstić information content (AvgIpc) is 2.57. The lowest BCUT2D eigenvalue weighted by atomic mass is 9.99. The Bertz CT molecular complexity index is 587. The maximum absolute atomic E-state index is 12.1. The van der Waals surface area contributed by atoms with Gasteiger partial charge in [0.05, 0.1) is 12.6 Å². The summed E-state index contributed by atoms with van der Waals surface area (Å²) in [6.45, 7) is 6.43. The highest BCUT2D eigenvalue weighted by Crippen LogP contribution is 2.18. The third-order valence-electron chi connectivity index (χ3n) is 3.85. The van der Waals surface area contributed by atoms with Crippen molar-refractivity contribution in [3.05, 3.63) is 35.4 Å². The Morgan fingerprint density at radius 2 is 1.84 bits per heavy atom. The number of amides is 3. The summed E-state index contributed by atoms with van der Waals surface area (Å²) in [7, 11) is 1.74. The second kappa shape index (κ2) is 10.5. The van der Waals surface area contributed by atoms with Crippen LogP contribution in [0, 0.1) is 5.92 Å². The molecule has 0 heterocycles. The van der Waals surface area contributed by atoms with Crippen LogP contribution in [-0.2, 0) is 20.8 Å². The zero-order chi connectivity index (χ0) is 18.8. The van der Waals surface area contributed by atoms with Gasteiger partial charge in [0, 0.05) is 20.0 Å². The fourth-order valence-electron chi connectivity index (χ4n) is 2.53. The molecule has 138 valence electrons. The molecule has 2 N–H and O–H groups in total. The van der Waals surface area contributed by atoms with Gasteiger partial charge in [0.25, 0.3) is 0 Å². The second-order valence-electron chi connectivity index (χ2n) is 6.70. The maximum atomic E-state index is 12.1. The van der Waals surface area contributed by atoms with Crippen molar-refractivity contribution in [1.82, 2.24) is 15.5 Å². The highest BCUT2D eigenvalue weighted by Gasteiger charge is 2.14. The summed E-state index contributed by atoms with van der Waals surface area (Å²) in [5.41, 5.74) is 2.11. The maximum Gasteiger partial charge on any atom is 0.239 e. The van der Waals surface area contributed by atoms with Crippen LogP contribution < -0.4 is 10.6 Å². The van der Waals surface area contributed by atoms with Crippen molar-refractivity contribution in [2.75, 3.05) is 20.1 Å². The van der Waals surface area contributed by atoms with E-state index in [9.17, 15) is 14.4 Å². The van der Waals surface area contributed by atoms with Gasteiger partial charge in [-0.1, -0.05) is 38.1 Å². The van der Waals surface area contributed by atoms with Crippen molar-refractivity contribution < 1.29 is 14.4 Å². The van der Waals surface area contributed by atoms with Crippen molar-refractivity contribution in [2.45, 2.75) is 39.7 Å². The van der Waals surface area contributed by atoms with Crippen LogP contribution >= 0.6 is 0 Å². The van der Waals surface area contributed by atoms with Crippen molar-refractivity contribution in [3.8, 4) is 0 Å². The minimum absolute atomic E-state index is 0.0219. The summed E-state index contributed by atoms with van der Waals surface area (Å²) in [6.07, 6.45) is 1.93. The summed E-state index contributed by atoms with van der Waals surface area (Å²) in [5.74, 6) is -0.0714. The average molecular weight is 347 g/mol. The van der Waals surface area contributed by atoms with Crippen molar-refractivity contribution in [2.24, 2.45) is 5.92 Å².